The van der Waals surface area contributed by atoms with E-state index in [1.165, 1.54) is 5.56 Å². The van der Waals surface area contributed by atoms with E-state index in [4.69, 9.17) is 9.84 Å². The lowest BCUT2D eigenvalue weighted by Crippen LogP contribution is -2.10. The van der Waals surface area contributed by atoms with Crippen molar-refractivity contribution in [1.82, 2.24) is 0 Å². The summed E-state index contributed by atoms with van der Waals surface area (Å²) in [5.74, 6) is 1.55. The van der Waals surface area contributed by atoms with E-state index in [2.05, 4.69) is 26.0 Å². The minimum Gasteiger partial charge on any atom is -0.497 e. The van der Waals surface area contributed by atoms with Crippen LogP contribution in [0.5, 0.6) is 5.75 Å². The van der Waals surface area contributed by atoms with Crippen LogP contribution in [-0.2, 0) is 0 Å². The lowest BCUT2D eigenvalue weighted by molar-refractivity contribution is 0.220. The van der Waals surface area contributed by atoms with E-state index in [9.17, 15) is 0 Å². The second kappa shape index (κ2) is 5.01. The van der Waals surface area contributed by atoms with Gasteiger partial charge in [-0.1, -0.05) is 26.0 Å². The number of aliphatic hydroxyl groups is 1. The van der Waals surface area contributed by atoms with Crippen LogP contribution in [0.15, 0.2) is 24.3 Å². The van der Waals surface area contributed by atoms with Crippen LogP contribution in [0.3, 0.4) is 0 Å². The molecule has 14 heavy (non-hydrogen) atoms. The maximum Gasteiger partial charge on any atom is 0.118 e. The predicted octanol–water partition coefficient (Wildman–Crippen LogP) is 2.43. The molecule has 2 heteroatoms. The minimum atomic E-state index is 0.229. The van der Waals surface area contributed by atoms with E-state index < -0.39 is 0 Å². The maximum absolute atomic E-state index is 9.04. The van der Waals surface area contributed by atoms with Crippen LogP contribution in [0.2, 0.25) is 0 Å². The standard InChI is InChI=1S/C12H18O2/c1-9(8-13)10(2)11-4-6-12(14-3)7-5-11/h4-7,9-10,13H,8H2,1-3H3. The van der Waals surface area contributed by atoms with Gasteiger partial charge < -0.3 is 9.84 Å². The van der Waals surface area contributed by atoms with E-state index in [0.717, 1.165) is 5.75 Å². The molecule has 1 aromatic rings. The number of rotatable bonds is 4. The third-order valence-electron chi connectivity index (χ3n) is 2.78. The predicted molar refractivity (Wildman–Crippen MR) is 57.7 cm³/mol. The molecule has 1 aromatic carbocycles. The molecule has 0 aromatic heterocycles. The Morgan fingerprint density at radius 3 is 2.21 bits per heavy atom. The zero-order chi connectivity index (χ0) is 10.6. The van der Waals surface area contributed by atoms with Crippen molar-refractivity contribution in [1.29, 1.82) is 0 Å². The fraction of sp³-hybridized carbons (Fsp3) is 0.500. The van der Waals surface area contributed by atoms with Crippen LogP contribution in [0, 0.1) is 5.92 Å². The normalized spacial score (nSPS) is 14.9. The average Bonchev–Trinajstić information content (AvgIpc) is 2.27. The summed E-state index contributed by atoms with van der Waals surface area (Å²) >= 11 is 0. The number of methoxy groups -OCH3 is 1. The second-order valence-corrected chi connectivity index (χ2v) is 3.72. The summed E-state index contributed by atoms with van der Waals surface area (Å²) in [4.78, 5) is 0. The summed E-state index contributed by atoms with van der Waals surface area (Å²) in [7, 11) is 1.66. The summed E-state index contributed by atoms with van der Waals surface area (Å²) in [6, 6.07) is 8.01. The van der Waals surface area contributed by atoms with Gasteiger partial charge in [-0.05, 0) is 29.5 Å². The first-order valence-corrected chi connectivity index (χ1v) is 4.93. The van der Waals surface area contributed by atoms with Gasteiger partial charge in [0.05, 0.1) is 7.11 Å². The number of benzene rings is 1. The Kier molecular flexibility index (Phi) is 3.96. The number of hydrogen-bond acceptors (Lipinski definition) is 2. The maximum atomic E-state index is 9.04. The number of aliphatic hydroxyl groups excluding tert-OH is 1. The van der Waals surface area contributed by atoms with Crippen LogP contribution >= 0.6 is 0 Å². The fourth-order valence-electron chi connectivity index (χ4n) is 1.39. The Morgan fingerprint density at radius 2 is 1.79 bits per heavy atom. The summed E-state index contributed by atoms with van der Waals surface area (Å²) < 4.78 is 5.09. The van der Waals surface area contributed by atoms with Crippen LogP contribution in [-0.4, -0.2) is 18.8 Å². The highest BCUT2D eigenvalue weighted by atomic mass is 16.5. The van der Waals surface area contributed by atoms with Crippen LogP contribution < -0.4 is 4.74 Å². The third kappa shape index (κ3) is 2.48. The second-order valence-electron chi connectivity index (χ2n) is 3.72. The smallest absolute Gasteiger partial charge is 0.118 e. The molecule has 2 atom stereocenters. The van der Waals surface area contributed by atoms with Crippen LogP contribution in [0.4, 0.5) is 0 Å². The van der Waals surface area contributed by atoms with E-state index in [0.29, 0.717) is 11.8 Å². The molecule has 0 aliphatic heterocycles. The molecule has 0 aliphatic rings. The molecular formula is C12H18O2. The van der Waals surface area contributed by atoms with Crippen molar-refractivity contribution in [3.63, 3.8) is 0 Å². The fourth-order valence-corrected chi connectivity index (χ4v) is 1.39. The monoisotopic (exact) mass is 194 g/mol. The largest absolute Gasteiger partial charge is 0.497 e. The molecule has 0 aliphatic carbocycles. The number of ether oxygens (including phenoxy) is 1. The minimum absolute atomic E-state index is 0.229. The topological polar surface area (TPSA) is 29.5 Å². The Morgan fingerprint density at radius 1 is 1.21 bits per heavy atom. The van der Waals surface area contributed by atoms with Gasteiger partial charge in [0.1, 0.15) is 5.75 Å². The first-order valence-electron chi connectivity index (χ1n) is 4.93. The van der Waals surface area contributed by atoms with Gasteiger partial charge in [-0.15, -0.1) is 0 Å². The van der Waals surface area contributed by atoms with Gasteiger partial charge in [0, 0.05) is 6.61 Å². The van der Waals surface area contributed by atoms with Gasteiger partial charge in [-0.3, -0.25) is 0 Å². The van der Waals surface area contributed by atoms with Gasteiger partial charge in [0.25, 0.3) is 0 Å². The first-order chi connectivity index (χ1) is 6.69. The van der Waals surface area contributed by atoms with Crippen molar-refractivity contribution in [2.24, 2.45) is 5.92 Å². The van der Waals surface area contributed by atoms with Crippen molar-refractivity contribution in [3.8, 4) is 5.75 Å². The van der Waals surface area contributed by atoms with Gasteiger partial charge in [0.2, 0.25) is 0 Å². The van der Waals surface area contributed by atoms with Crippen molar-refractivity contribution in [3.05, 3.63) is 29.8 Å². The van der Waals surface area contributed by atoms with Crippen LogP contribution in [0.25, 0.3) is 0 Å². The van der Waals surface area contributed by atoms with Crippen molar-refractivity contribution >= 4 is 0 Å². The highest BCUT2D eigenvalue weighted by molar-refractivity contribution is 5.29. The van der Waals surface area contributed by atoms with E-state index >= 15 is 0 Å². The molecular weight excluding hydrogens is 176 g/mol. The Balaban J connectivity index is 2.75. The molecule has 0 spiro atoms. The summed E-state index contributed by atoms with van der Waals surface area (Å²) in [6.45, 7) is 4.41. The zero-order valence-electron chi connectivity index (χ0n) is 9.03. The summed E-state index contributed by atoms with van der Waals surface area (Å²) in [5.41, 5.74) is 1.24. The van der Waals surface area contributed by atoms with Gasteiger partial charge in [-0.2, -0.15) is 0 Å². The average molecular weight is 194 g/mol. The molecule has 0 saturated carbocycles. The lowest BCUT2D eigenvalue weighted by Gasteiger charge is -2.18. The quantitative estimate of drug-likeness (QED) is 0.797. The van der Waals surface area contributed by atoms with Gasteiger partial charge in [0.15, 0.2) is 0 Å². The molecule has 0 amide bonds. The highest BCUT2D eigenvalue weighted by Gasteiger charge is 2.12. The zero-order valence-corrected chi connectivity index (χ0v) is 9.03. The lowest BCUT2D eigenvalue weighted by atomic mass is 9.89. The molecule has 0 radical (unpaired) electrons. The first kappa shape index (κ1) is 11.1. The molecule has 78 valence electrons. The molecule has 1 rings (SSSR count). The molecule has 0 fully saturated rings. The van der Waals surface area contributed by atoms with Crippen molar-refractivity contribution in [2.75, 3.05) is 13.7 Å². The summed E-state index contributed by atoms with van der Waals surface area (Å²) in [6.07, 6.45) is 0. The van der Waals surface area contributed by atoms with E-state index in [1.807, 2.05) is 12.1 Å². The molecule has 0 saturated heterocycles. The highest BCUT2D eigenvalue weighted by Crippen LogP contribution is 2.25. The van der Waals surface area contributed by atoms with Gasteiger partial charge in [-0.25, -0.2) is 0 Å². The molecule has 0 heterocycles. The Bertz CT molecular complexity index is 266. The Hall–Kier alpha value is -1.02. The Labute approximate surface area is 85.5 Å². The van der Waals surface area contributed by atoms with E-state index in [1.54, 1.807) is 7.11 Å². The number of hydrogen-bond donors (Lipinski definition) is 1. The molecule has 1 N–H and O–H groups in total. The van der Waals surface area contributed by atoms with E-state index in [-0.39, 0.29) is 6.61 Å². The van der Waals surface area contributed by atoms with Crippen molar-refractivity contribution in [2.45, 2.75) is 19.8 Å². The SMILES string of the molecule is COc1ccc(C(C)C(C)CO)cc1. The van der Waals surface area contributed by atoms with Crippen molar-refractivity contribution < 1.29 is 9.84 Å². The molecule has 0 bridgehead atoms. The molecule has 2 nitrogen and oxygen atoms in total. The third-order valence-corrected chi connectivity index (χ3v) is 2.78. The van der Waals surface area contributed by atoms with Crippen LogP contribution in [0.1, 0.15) is 25.3 Å². The summed E-state index contributed by atoms with van der Waals surface area (Å²) in [5, 5.41) is 9.04. The molecule has 2 unspecified atom stereocenters. The van der Waals surface area contributed by atoms with Gasteiger partial charge >= 0.3 is 0 Å².